The van der Waals surface area contributed by atoms with E-state index in [1.165, 1.54) is 7.11 Å². The Hall–Kier alpha value is -2.74. The van der Waals surface area contributed by atoms with Gasteiger partial charge in [0, 0.05) is 18.3 Å². The zero-order chi connectivity index (χ0) is 24.9. The third kappa shape index (κ3) is 7.12. The number of para-hydroxylation sites is 1. The number of urea groups is 1. The first-order chi connectivity index (χ1) is 15.3. The lowest BCUT2D eigenvalue weighted by atomic mass is 9.92. The van der Waals surface area contributed by atoms with Crippen molar-refractivity contribution in [3.8, 4) is 11.5 Å². The topological polar surface area (TPSA) is 84.9 Å². The molecule has 2 aromatic rings. The van der Waals surface area contributed by atoms with E-state index >= 15 is 0 Å². The Balaban J connectivity index is 2.38. The summed E-state index contributed by atoms with van der Waals surface area (Å²) in [4.78, 5) is 15.1. The van der Waals surface area contributed by atoms with Crippen LogP contribution >= 0.6 is 0 Å². The SMILES string of the molecule is COc1ccc(CN(C(=O)Nc2c(C(C)C)cccc2C(C)C)C(C)C)cc1OS(C)(=O)=O. The Bertz CT molecular complexity index is 1050. The fraction of sp³-hybridized carbons (Fsp3) is 0.480. The molecule has 0 spiro atoms. The Kier molecular flexibility index (Phi) is 8.77. The Morgan fingerprint density at radius 3 is 2.00 bits per heavy atom. The van der Waals surface area contributed by atoms with E-state index < -0.39 is 10.1 Å². The fourth-order valence-corrected chi connectivity index (χ4v) is 4.06. The van der Waals surface area contributed by atoms with Crippen molar-refractivity contribution in [1.29, 1.82) is 0 Å². The van der Waals surface area contributed by atoms with Gasteiger partial charge in [-0.2, -0.15) is 8.42 Å². The molecule has 0 saturated heterocycles. The van der Waals surface area contributed by atoms with Crippen molar-refractivity contribution in [3.05, 3.63) is 53.1 Å². The lowest BCUT2D eigenvalue weighted by molar-refractivity contribution is 0.193. The number of amides is 2. The number of ether oxygens (including phenoxy) is 1. The molecule has 33 heavy (non-hydrogen) atoms. The summed E-state index contributed by atoms with van der Waals surface area (Å²) in [6, 6.07) is 10.8. The molecule has 0 unspecified atom stereocenters. The molecule has 0 heterocycles. The van der Waals surface area contributed by atoms with Crippen LogP contribution in [0.3, 0.4) is 0 Å². The molecule has 0 bridgehead atoms. The second-order valence-electron chi connectivity index (χ2n) is 9.05. The molecular weight excluding hydrogens is 440 g/mol. The summed E-state index contributed by atoms with van der Waals surface area (Å²) in [6.45, 7) is 12.6. The number of hydrogen-bond donors (Lipinski definition) is 1. The van der Waals surface area contributed by atoms with Crippen molar-refractivity contribution in [2.75, 3.05) is 18.7 Å². The summed E-state index contributed by atoms with van der Waals surface area (Å²) in [5.41, 5.74) is 3.76. The first-order valence-electron chi connectivity index (χ1n) is 11.1. The quantitative estimate of drug-likeness (QED) is 0.468. The monoisotopic (exact) mass is 476 g/mol. The number of hydrogen-bond acceptors (Lipinski definition) is 5. The van der Waals surface area contributed by atoms with Gasteiger partial charge in [0.05, 0.1) is 13.4 Å². The lowest BCUT2D eigenvalue weighted by Crippen LogP contribution is -2.40. The number of benzene rings is 2. The molecule has 8 heteroatoms. The van der Waals surface area contributed by atoms with Crippen LogP contribution in [0.1, 0.15) is 70.1 Å². The van der Waals surface area contributed by atoms with E-state index in [0.29, 0.717) is 5.75 Å². The molecule has 0 atom stereocenters. The van der Waals surface area contributed by atoms with Crippen LogP contribution in [0.4, 0.5) is 10.5 Å². The van der Waals surface area contributed by atoms with E-state index in [2.05, 4.69) is 33.0 Å². The largest absolute Gasteiger partial charge is 0.493 e. The number of nitrogens with zero attached hydrogens (tertiary/aromatic N) is 1. The van der Waals surface area contributed by atoms with Crippen LogP contribution in [0, 0.1) is 0 Å². The summed E-state index contributed by atoms with van der Waals surface area (Å²) in [5.74, 6) is 0.901. The maximum absolute atomic E-state index is 13.4. The number of rotatable bonds is 9. The summed E-state index contributed by atoms with van der Waals surface area (Å²) < 4.78 is 33.6. The third-order valence-corrected chi connectivity index (χ3v) is 5.79. The van der Waals surface area contributed by atoms with Gasteiger partial charge in [-0.05, 0) is 54.5 Å². The number of carbonyl (C=O) groups is 1. The molecule has 0 aliphatic heterocycles. The maximum atomic E-state index is 13.4. The Morgan fingerprint density at radius 2 is 1.55 bits per heavy atom. The van der Waals surface area contributed by atoms with Gasteiger partial charge >= 0.3 is 16.1 Å². The summed E-state index contributed by atoms with van der Waals surface area (Å²) in [5, 5.41) is 3.15. The van der Waals surface area contributed by atoms with Gasteiger partial charge in [0.15, 0.2) is 11.5 Å². The van der Waals surface area contributed by atoms with Gasteiger partial charge < -0.3 is 19.1 Å². The number of anilines is 1. The molecular formula is C25H36N2O5S. The molecule has 0 radical (unpaired) electrons. The average Bonchev–Trinajstić information content (AvgIpc) is 2.70. The standard InChI is InChI=1S/C25H36N2O5S/c1-16(2)20-10-9-11-21(17(3)4)24(20)26-25(28)27(18(5)6)15-19-12-13-22(31-7)23(14-19)32-33(8,29)30/h9-14,16-18H,15H2,1-8H3,(H,26,28). The van der Waals surface area contributed by atoms with Crippen LogP contribution in [0.5, 0.6) is 11.5 Å². The number of methoxy groups -OCH3 is 1. The van der Waals surface area contributed by atoms with Crippen molar-refractivity contribution in [1.82, 2.24) is 4.90 Å². The van der Waals surface area contributed by atoms with Gasteiger partial charge in [0.1, 0.15) is 0 Å². The highest BCUT2D eigenvalue weighted by Gasteiger charge is 2.22. The molecule has 2 aromatic carbocycles. The molecule has 0 fully saturated rings. The average molecular weight is 477 g/mol. The van der Waals surface area contributed by atoms with Gasteiger partial charge in [-0.25, -0.2) is 4.79 Å². The van der Waals surface area contributed by atoms with E-state index in [0.717, 1.165) is 28.6 Å². The van der Waals surface area contributed by atoms with Gasteiger partial charge in [-0.15, -0.1) is 0 Å². The zero-order valence-corrected chi connectivity index (χ0v) is 21.6. The number of carbonyl (C=O) groups excluding carboxylic acids is 1. The van der Waals surface area contributed by atoms with E-state index in [-0.39, 0.29) is 36.2 Å². The Morgan fingerprint density at radius 1 is 0.970 bits per heavy atom. The molecule has 0 aliphatic carbocycles. The van der Waals surface area contributed by atoms with Crippen LogP contribution < -0.4 is 14.2 Å². The minimum atomic E-state index is -3.73. The van der Waals surface area contributed by atoms with Crippen LogP contribution in [-0.4, -0.2) is 38.8 Å². The summed E-state index contributed by atoms with van der Waals surface area (Å²) in [6.07, 6.45) is 0.978. The molecule has 2 amide bonds. The molecule has 0 saturated carbocycles. The van der Waals surface area contributed by atoms with Crippen LogP contribution in [0.25, 0.3) is 0 Å². The second kappa shape index (κ2) is 10.9. The molecule has 0 aliphatic rings. The summed E-state index contributed by atoms with van der Waals surface area (Å²) >= 11 is 0. The van der Waals surface area contributed by atoms with E-state index in [1.54, 1.807) is 23.1 Å². The van der Waals surface area contributed by atoms with Gasteiger partial charge in [0.2, 0.25) is 0 Å². The maximum Gasteiger partial charge on any atom is 0.322 e. The van der Waals surface area contributed by atoms with Crippen molar-refractivity contribution in [2.45, 2.75) is 66.0 Å². The predicted molar refractivity (Wildman–Crippen MR) is 133 cm³/mol. The van der Waals surface area contributed by atoms with Gasteiger partial charge in [-0.3, -0.25) is 0 Å². The first-order valence-corrected chi connectivity index (χ1v) is 12.9. The van der Waals surface area contributed by atoms with Crippen molar-refractivity contribution in [3.63, 3.8) is 0 Å². The Labute approximate surface area is 198 Å². The number of nitrogens with one attached hydrogen (secondary N) is 1. The van der Waals surface area contributed by atoms with E-state index in [1.807, 2.05) is 32.0 Å². The smallest absolute Gasteiger partial charge is 0.322 e. The molecule has 182 valence electrons. The molecule has 2 rings (SSSR count). The van der Waals surface area contributed by atoms with Crippen molar-refractivity contribution >= 4 is 21.8 Å². The van der Waals surface area contributed by atoms with Gasteiger partial charge in [-0.1, -0.05) is 52.0 Å². The molecule has 7 nitrogen and oxygen atoms in total. The summed E-state index contributed by atoms with van der Waals surface area (Å²) in [7, 11) is -2.29. The fourth-order valence-electron chi connectivity index (χ4n) is 3.61. The van der Waals surface area contributed by atoms with E-state index in [9.17, 15) is 13.2 Å². The minimum absolute atomic E-state index is 0.0915. The van der Waals surface area contributed by atoms with E-state index in [4.69, 9.17) is 8.92 Å². The van der Waals surface area contributed by atoms with Crippen molar-refractivity contribution < 1.29 is 22.1 Å². The predicted octanol–water partition coefficient (Wildman–Crippen LogP) is 5.72. The second-order valence-corrected chi connectivity index (χ2v) is 10.6. The van der Waals surface area contributed by atoms with Crippen LogP contribution in [0.2, 0.25) is 0 Å². The highest BCUT2D eigenvalue weighted by atomic mass is 32.2. The van der Waals surface area contributed by atoms with Gasteiger partial charge in [0.25, 0.3) is 0 Å². The minimum Gasteiger partial charge on any atom is -0.493 e. The van der Waals surface area contributed by atoms with Crippen LogP contribution in [0.15, 0.2) is 36.4 Å². The third-order valence-electron chi connectivity index (χ3n) is 5.31. The molecule has 1 N–H and O–H groups in total. The lowest BCUT2D eigenvalue weighted by Gasteiger charge is -2.29. The molecule has 0 aromatic heterocycles. The van der Waals surface area contributed by atoms with Crippen LogP contribution in [-0.2, 0) is 16.7 Å². The highest BCUT2D eigenvalue weighted by Crippen LogP contribution is 2.33. The highest BCUT2D eigenvalue weighted by molar-refractivity contribution is 7.86. The normalized spacial score (nSPS) is 11.7. The zero-order valence-electron chi connectivity index (χ0n) is 20.8. The first kappa shape index (κ1) is 26.5. The van der Waals surface area contributed by atoms with Crippen molar-refractivity contribution in [2.24, 2.45) is 0 Å².